The molecule has 2 aromatic carbocycles. The molecule has 0 amide bonds. The maximum atomic E-state index is 11.8. The highest BCUT2D eigenvalue weighted by Crippen LogP contribution is 2.24. The largest absolute Gasteiger partial charge is 0.299 e. The number of aldehydes is 1. The Morgan fingerprint density at radius 3 is 1.73 bits per heavy atom. The predicted octanol–water partition coefficient (Wildman–Crippen LogP) is 3.24. The van der Waals surface area contributed by atoms with Crippen LogP contribution in [-0.4, -0.2) is 16.7 Å². The van der Waals surface area contributed by atoms with Gasteiger partial charge in [0.05, 0.1) is 0 Å². The molecule has 0 fully saturated rings. The van der Waals surface area contributed by atoms with Gasteiger partial charge in [0.15, 0.2) is 0 Å². The van der Waals surface area contributed by atoms with Gasteiger partial charge in [0, 0.05) is 17.8 Å². The van der Waals surface area contributed by atoms with E-state index in [-0.39, 0.29) is 17.8 Å². The van der Waals surface area contributed by atoms with Crippen LogP contribution in [0.3, 0.4) is 0 Å². The Bertz CT molecular complexity index is 609. The quantitative estimate of drug-likeness (QED) is 0.341. The van der Waals surface area contributed by atoms with Gasteiger partial charge in [-0.1, -0.05) is 60.7 Å². The molecule has 0 aromatic heterocycles. The lowest BCUT2D eigenvalue weighted by Gasteiger charge is -2.22. The molecule has 0 atom stereocenters. The number of benzene rings is 2. The molecule has 0 saturated carbocycles. The Labute approximate surface area is 129 Å². The van der Waals surface area contributed by atoms with Crippen LogP contribution in [0.5, 0.6) is 0 Å². The van der Waals surface area contributed by atoms with Crippen LogP contribution in [0.15, 0.2) is 72.8 Å². The molecule has 22 heavy (non-hydrogen) atoms. The van der Waals surface area contributed by atoms with E-state index in [0.717, 1.165) is 11.1 Å². The fourth-order valence-corrected chi connectivity index (χ4v) is 2.49. The van der Waals surface area contributed by atoms with Gasteiger partial charge in [-0.05, 0) is 23.3 Å². The minimum Gasteiger partial charge on any atom is -0.299 e. The van der Waals surface area contributed by atoms with E-state index in [1.54, 1.807) is 0 Å². The summed E-state index contributed by atoms with van der Waals surface area (Å²) < 4.78 is 0. The smallest absolute Gasteiger partial charge is 0.248 e. The van der Waals surface area contributed by atoms with Crippen LogP contribution >= 0.6 is 0 Å². The molecule has 0 heterocycles. The van der Waals surface area contributed by atoms with Crippen LogP contribution < -0.4 is 0 Å². The summed E-state index contributed by atoms with van der Waals surface area (Å²) in [5, 5.41) is 11.8. The standard InChI is InChI=1S/C18H17NO3/c20-13-7-12-18(19(21)22,14-16-8-3-1-4-9-16)15-17-10-5-2-6-11-17/h1-13H,14-15H2/b12-7+. The van der Waals surface area contributed by atoms with Crippen molar-refractivity contribution < 1.29 is 9.72 Å². The van der Waals surface area contributed by atoms with E-state index in [9.17, 15) is 14.9 Å². The van der Waals surface area contributed by atoms with Gasteiger partial charge in [0.2, 0.25) is 5.54 Å². The van der Waals surface area contributed by atoms with Crippen molar-refractivity contribution in [1.29, 1.82) is 0 Å². The molecular weight excluding hydrogens is 278 g/mol. The first-order valence-electron chi connectivity index (χ1n) is 7.02. The molecule has 0 saturated heterocycles. The van der Waals surface area contributed by atoms with Crippen molar-refractivity contribution in [2.24, 2.45) is 0 Å². The number of nitrogens with zero attached hydrogens (tertiary/aromatic N) is 1. The highest BCUT2D eigenvalue weighted by atomic mass is 16.6. The second-order valence-corrected chi connectivity index (χ2v) is 5.18. The molecule has 0 aliphatic rings. The second kappa shape index (κ2) is 7.31. The van der Waals surface area contributed by atoms with Crippen LogP contribution in [0.4, 0.5) is 0 Å². The summed E-state index contributed by atoms with van der Waals surface area (Å²) in [5.74, 6) is 0. The average molecular weight is 295 g/mol. The first kappa shape index (κ1) is 15.6. The van der Waals surface area contributed by atoms with Crippen molar-refractivity contribution in [2.45, 2.75) is 18.4 Å². The van der Waals surface area contributed by atoms with Crippen LogP contribution in [0.25, 0.3) is 0 Å². The highest BCUT2D eigenvalue weighted by Gasteiger charge is 2.40. The van der Waals surface area contributed by atoms with E-state index in [2.05, 4.69) is 0 Å². The first-order chi connectivity index (χ1) is 10.7. The summed E-state index contributed by atoms with van der Waals surface area (Å²) in [6, 6.07) is 18.6. The lowest BCUT2D eigenvalue weighted by atomic mass is 9.85. The molecule has 112 valence electrons. The van der Waals surface area contributed by atoms with Crippen molar-refractivity contribution in [2.75, 3.05) is 0 Å². The molecule has 0 spiro atoms. The number of carbonyl (C=O) groups is 1. The molecule has 4 heteroatoms. The Morgan fingerprint density at radius 1 is 0.909 bits per heavy atom. The van der Waals surface area contributed by atoms with Crippen molar-refractivity contribution in [3.05, 3.63) is 94.1 Å². The van der Waals surface area contributed by atoms with Crippen LogP contribution in [-0.2, 0) is 17.6 Å². The lowest BCUT2D eigenvalue weighted by molar-refractivity contribution is -0.554. The summed E-state index contributed by atoms with van der Waals surface area (Å²) in [6.07, 6.45) is 3.67. The Kier molecular flexibility index (Phi) is 5.20. The van der Waals surface area contributed by atoms with Gasteiger partial charge in [0.25, 0.3) is 0 Å². The van der Waals surface area contributed by atoms with Crippen molar-refractivity contribution in [3.63, 3.8) is 0 Å². The summed E-state index contributed by atoms with van der Waals surface area (Å²) in [4.78, 5) is 22.1. The topological polar surface area (TPSA) is 60.2 Å². The average Bonchev–Trinajstić information content (AvgIpc) is 2.54. The minimum absolute atomic E-state index is 0.236. The summed E-state index contributed by atoms with van der Waals surface area (Å²) in [7, 11) is 0. The van der Waals surface area contributed by atoms with E-state index in [1.807, 2.05) is 60.7 Å². The first-order valence-corrected chi connectivity index (χ1v) is 7.02. The van der Waals surface area contributed by atoms with Gasteiger partial charge in [-0.15, -0.1) is 0 Å². The van der Waals surface area contributed by atoms with Crippen molar-refractivity contribution in [3.8, 4) is 0 Å². The van der Waals surface area contributed by atoms with E-state index in [0.29, 0.717) is 6.29 Å². The number of nitro groups is 1. The maximum absolute atomic E-state index is 11.8. The highest BCUT2D eigenvalue weighted by molar-refractivity contribution is 5.65. The lowest BCUT2D eigenvalue weighted by Crippen LogP contribution is -2.41. The van der Waals surface area contributed by atoms with Crippen molar-refractivity contribution >= 4 is 6.29 Å². The van der Waals surface area contributed by atoms with E-state index < -0.39 is 5.54 Å². The molecule has 0 aliphatic carbocycles. The van der Waals surface area contributed by atoms with Crippen LogP contribution in [0.2, 0.25) is 0 Å². The number of hydrogen-bond acceptors (Lipinski definition) is 3. The molecule has 4 nitrogen and oxygen atoms in total. The Morgan fingerprint density at radius 2 is 1.36 bits per heavy atom. The van der Waals surface area contributed by atoms with Gasteiger partial charge in [0.1, 0.15) is 6.29 Å². The Balaban J connectivity index is 2.39. The third kappa shape index (κ3) is 3.88. The summed E-state index contributed by atoms with van der Waals surface area (Å²) >= 11 is 0. The number of rotatable bonds is 7. The molecule has 2 aromatic rings. The number of carbonyl (C=O) groups excluding carboxylic acids is 1. The monoisotopic (exact) mass is 295 g/mol. The zero-order valence-electron chi connectivity index (χ0n) is 12.1. The third-order valence-electron chi connectivity index (χ3n) is 3.55. The van der Waals surface area contributed by atoms with Gasteiger partial charge < -0.3 is 0 Å². The fourth-order valence-electron chi connectivity index (χ4n) is 2.49. The van der Waals surface area contributed by atoms with Gasteiger partial charge in [-0.2, -0.15) is 0 Å². The van der Waals surface area contributed by atoms with Crippen LogP contribution in [0.1, 0.15) is 11.1 Å². The Hall–Kier alpha value is -2.75. The molecule has 0 unspecified atom stereocenters. The molecule has 0 radical (unpaired) electrons. The normalized spacial score (nSPS) is 11.5. The molecule has 2 rings (SSSR count). The predicted molar refractivity (Wildman–Crippen MR) is 85.2 cm³/mol. The third-order valence-corrected chi connectivity index (χ3v) is 3.55. The summed E-state index contributed by atoms with van der Waals surface area (Å²) in [6.45, 7) is 0. The minimum atomic E-state index is -1.33. The second-order valence-electron chi connectivity index (χ2n) is 5.18. The zero-order valence-corrected chi connectivity index (χ0v) is 12.1. The van der Waals surface area contributed by atoms with Crippen LogP contribution in [0, 0.1) is 10.1 Å². The van der Waals surface area contributed by atoms with Gasteiger partial charge in [-0.25, -0.2) is 0 Å². The van der Waals surface area contributed by atoms with Gasteiger partial charge >= 0.3 is 0 Å². The zero-order chi connectivity index (χ0) is 15.8. The van der Waals surface area contributed by atoms with Crippen molar-refractivity contribution in [1.82, 2.24) is 0 Å². The fraction of sp³-hybridized carbons (Fsp3) is 0.167. The summed E-state index contributed by atoms with van der Waals surface area (Å²) in [5.41, 5.74) is 0.403. The molecule has 0 N–H and O–H groups in total. The van der Waals surface area contributed by atoms with E-state index in [4.69, 9.17) is 0 Å². The maximum Gasteiger partial charge on any atom is 0.248 e. The van der Waals surface area contributed by atoms with Gasteiger partial charge in [-0.3, -0.25) is 14.9 Å². The molecular formula is C18H17NO3. The van der Waals surface area contributed by atoms with E-state index >= 15 is 0 Å². The molecule has 0 bridgehead atoms. The number of allylic oxidation sites excluding steroid dienone is 1. The number of hydrogen-bond donors (Lipinski definition) is 0. The SMILES string of the molecule is O=C/C=C/C(Cc1ccccc1)(Cc1ccccc1)[N+](=O)[O-]. The van der Waals surface area contributed by atoms with E-state index in [1.165, 1.54) is 12.2 Å². The molecule has 0 aliphatic heterocycles.